The standard InChI is InChI=1S/C13H18O3Si/c1-17(2,11-7-4-3-5-8-11)13(16)10-6-9-12(14)15/h3-5,7-8H,6,9-10H2,1-2H3,(H,14,15). The summed E-state index contributed by atoms with van der Waals surface area (Å²) in [6.07, 6.45) is 0.892. The number of carboxylic acid groups (broad SMARTS) is 1. The second-order valence-electron chi connectivity index (χ2n) is 4.66. The maximum Gasteiger partial charge on any atom is 0.303 e. The lowest BCUT2D eigenvalue weighted by Crippen LogP contribution is -2.49. The lowest BCUT2D eigenvalue weighted by atomic mass is 10.2. The molecule has 0 aliphatic heterocycles. The van der Waals surface area contributed by atoms with E-state index < -0.39 is 14.0 Å². The number of hydrogen-bond donors (Lipinski definition) is 1. The van der Waals surface area contributed by atoms with Crippen molar-refractivity contribution in [2.45, 2.75) is 32.4 Å². The number of rotatable bonds is 6. The Morgan fingerprint density at radius 2 is 1.71 bits per heavy atom. The van der Waals surface area contributed by atoms with Crippen LogP contribution >= 0.6 is 0 Å². The van der Waals surface area contributed by atoms with Gasteiger partial charge in [-0.05, 0) is 6.42 Å². The summed E-state index contributed by atoms with van der Waals surface area (Å²) in [5.74, 6) is -0.836. The zero-order valence-electron chi connectivity index (χ0n) is 10.3. The van der Waals surface area contributed by atoms with E-state index in [2.05, 4.69) is 0 Å². The van der Waals surface area contributed by atoms with E-state index in [9.17, 15) is 9.59 Å². The number of aliphatic carboxylic acids is 1. The van der Waals surface area contributed by atoms with E-state index >= 15 is 0 Å². The smallest absolute Gasteiger partial charge is 0.303 e. The highest BCUT2D eigenvalue weighted by molar-refractivity contribution is 7.13. The van der Waals surface area contributed by atoms with Gasteiger partial charge < -0.3 is 9.90 Å². The molecule has 0 fully saturated rings. The first-order valence-electron chi connectivity index (χ1n) is 5.75. The molecule has 17 heavy (non-hydrogen) atoms. The molecular weight excluding hydrogens is 232 g/mol. The van der Waals surface area contributed by atoms with E-state index in [0.717, 1.165) is 5.19 Å². The van der Waals surface area contributed by atoms with Crippen LogP contribution in [0.15, 0.2) is 30.3 Å². The van der Waals surface area contributed by atoms with Crippen molar-refractivity contribution >= 4 is 24.6 Å². The van der Waals surface area contributed by atoms with Crippen molar-refractivity contribution in [1.29, 1.82) is 0 Å². The molecule has 1 aromatic carbocycles. The Bertz CT molecular complexity index is 398. The van der Waals surface area contributed by atoms with E-state index in [-0.39, 0.29) is 11.8 Å². The Morgan fingerprint density at radius 1 is 1.12 bits per heavy atom. The Balaban J connectivity index is 2.64. The summed E-state index contributed by atoms with van der Waals surface area (Å²) in [6.45, 7) is 4.04. The average Bonchev–Trinajstić information content (AvgIpc) is 2.29. The van der Waals surface area contributed by atoms with Crippen LogP contribution in [0.3, 0.4) is 0 Å². The Hall–Kier alpha value is -1.42. The Kier molecular flexibility index (Phi) is 4.63. The summed E-state index contributed by atoms with van der Waals surface area (Å²) < 4.78 is 0. The first-order chi connectivity index (χ1) is 7.94. The van der Waals surface area contributed by atoms with Crippen molar-refractivity contribution in [1.82, 2.24) is 0 Å². The van der Waals surface area contributed by atoms with E-state index in [0.29, 0.717) is 12.8 Å². The lowest BCUT2D eigenvalue weighted by Gasteiger charge is -2.20. The molecule has 3 nitrogen and oxygen atoms in total. The van der Waals surface area contributed by atoms with Crippen LogP contribution in [0.2, 0.25) is 13.1 Å². The van der Waals surface area contributed by atoms with Gasteiger partial charge in [-0.3, -0.25) is 4.79 Å². The predicted molar refractivity (Wildman–Crippen MR) is 70.1 cm³/mol. The molecule has 0 saturated carbocycles. The molecule has 0 bridgehead atoms. The molecule has 0 unspecified atom stereocenters. The minimum Gasteiger partial charge on any atom is -0.481 e. The van der Waals surface area contributed by atoms with E-state index in [1.807, 2.05) is 43.4 Å². The number of carboxylic acids is 1. The van der Waals surface area contributed by atoms with Crippen molar-refractivity contribution < 1.29 is 14.7 Å². The second kappa shape index (κ2) is 5.77. The normalized spacial score (nSPS) is 11.2. The summed E-state index contributed by atoms with van der Waals surface area (Å²) in [7, 11) is -2.09. The van der Waals surface area contributed by atoms with Gasteiger partial charge in [-0.2, -0.15) is 0 Å². The van der Waals surface area contributed by atoms with Crippen LogP contribution in [0.4, 0.5) is 0 Å². The SMILES string of the molecule is C[Si](C)(C(=O)CCCC(=O)O)c1ccccc1. The zero-order valence-corrected chi connectivity index (χ0v) is 11.3. The molecule has 0 spiro atoms. The molecule has 0 heterocycles. The summed E-state index contributed by atoms with van der Waals surface area (Å²) in [5, 5.41) is 9.88. The highest BCUT2D eigenvalue weighted by Gasteiger charge is 2.31. The molecule has 0 amide bonds. The fourth-order valence-corrected chi connectivity index (χ4v) is 3.88. The highest BCUT2D eigenvalue weighted by Crippen LogP contribution is 2.10. The molecule has 0 aliphatic rings. The number of hydrogen-bond acceptors (Lipinski definition) is 2. The van der Waals surface area contributed by atoms with E-state index in [1.54, 1.807) is 0 Å². The third kappa shape index (κ3) is 3.82. The topological polar surface area (TPSA) is 54.4 Å². The largest absolute Gasteiger partial charge is 0.481 e. The fourth-order valence-electron chi connectivity index (χ4n) is 1.73. The maximum atomic E-state index is 12.1. The van der Waals surface area contributed by atoms with Crippen LogP contribution in [0.1, 0.15) is 19.3 Å². The average molecular weight is 250 g/mol. The third-order valence-corrected chi connectivity index (χ3v) is 6.41. The quantitative estimate of drug-likeness (QED) is 0.785. The van der Waals surface area contributed by atoms with Crippen LogP contribution < -0.4 is 5.19 Å². The fraction of sp³-hybridized carbons (Fsp3) is 0.385. The molecule has 1 aromatic rings. The summed E-state index contributed by atoms with van der Waals surface area (Å²) in [5.41, 5.74) is 0. The first kappa shape index (κ1) is 13.6. The first-order valence-corrected chi connectivity index (χ1v) is 8.75. The van der Waals surface area contributed by atoms with E-state index in [4.69, 9.17) is 5.11 Å². The molecule has 0 radical (unpaired) electrons. The molecular formula is C13H18O3Si. The molecule has 0 aromatic heterocycles. The van der Waals surface area contributed by atoms with Crippen molar-refractivity contribution in [3.8, 4) is 0 Å². The molecule has 1 rings (SSSR count). The monoisotopic (exact) mass is 250 g/mol. The Morgan fingerprint density at radius 3 is 2.24 bits per heavy atom. The van der Waals surface area contributed by atoms with Crippen LogP contribution in [0, 0.1) is 0 Å². The Labute approximate surface area is 102 Å². The van der Waals surface area contributed by atoms with Crippen molar-refractivity contribution in [3.05, 3.63) is 30.3 Å². The van der Waals surface area contributed by atoms with Gasteiger partial charge in [-0.25, -0.2) is 0 Å². The summed E-state index contributed by atoms with van der Waals surface area (Å²) in [4.78, 5) is 22.5. The number of carbonyl (C=O) groups is 2. The minimum absolute atomic E-state index is 0.0744. The maximum absolute atomic E-state index is 12.1. The van der Waals surface area contributed by atoms with Gasteiger partial charge in [0.2, 0.25) is 0 Å². The van der Waals surface area contributed by atoms with Gasteiger partial charge in [-0.1, -0.05) is 48.6 Å². The van der Waals surface area contributed by atoms with Crippen molar-refractivity contribution in [2.75, 3.05) is 0 Å². The van der Waals surface area contributed by atoms with Crippen LogP contribution in [0.5, 0.6) is 0 Å². The second-order valence-corrected chi connectivity index (χ2v) is 9.05. The predicted octanol–water partition coefficient (Wildman–Crippen LogP) is 1.97. The van der Waals surface area contributed by atoms with Crippen LogP contribution in [-0.2, 0) is 9.59 Å². The number of carbonyl (C=O) groups excluding carboxylic acids is 1. The number of benzene rings is 1. The molecule has 0 saturated heterocycles. The highest BCUT2D eigenvalue weighted by atomic mass is 28.3. The molecule has 4 heteroatoms. The lowest BCUT2D eigenvalue weighted by molar-refractivity contribution is -0.137. The van der Waals surface area contributed by atoms with Gasteiger partial charge >= 0.3 is 5.97 Å². The van der Waals surface area contributed by atoms with Gasteiger partial charge in [-0.15, -0.1) is 0 Å². The third-order valence-electron chi connectivity index (χ3n) is 2.99. The summed E-state index contributed by atoms with van der Waals surface area (Å²) >= 11 is 0. The van der Waals surface area contributed by atoms with Crippen LogP contribution in [0.25, 0.3) is 0 Å². The van der Waals surface area contributed by atoms with Gasteiger partial charge in [0.25, 0.3) is 0 Å². The molecule has 92 valence electrons. The van der Waals surface area contributed by atoms with Crippen molar-refractivity contribution in [2.24, 2.45) is 0 Å². The van der Waals surface area contributed by atoms with Crippen molar-refractivity contribution in [3.63, 3.8) is 0 Å². The zero-order chi connectivity index (χ0) is 12.9. The molecule has 1 N–H and O–H groups in total. The van der Waals surface area contributed by atoms with Gasteiger partial charge in [0.15, 0.2) is 8.07 Å². The minimum atomic E-state index is -2.09. The summed E-state index contributed by atoms with van der Waals surface area (Å²) in [6, 6.07) is 9.79. The molecule has 0 aliphatic carbocycles. The van der Waals surface area contributed by atoms with E-state index in [1.165, 1.54) is 0 Å². The van der Waals surface area contributed by atoms with Crippen LogP contribution in [-0.4, -0.2) is 24.6 Å². The molecule has 0 atom stereocenters. The van der Waals surface area contributed by atoms with Gasteiger partial charge in [0.1, 0.15) is 5.41 Å². The van der Waals surface area contributed by atoms with Gasteiger partial charge in [0, 0.05) is 12.8 Å². The van der Waals surface area contributed by atoms with Gasteiger partial charge in [0.05, 0.1) is 0 Å².